The maximum Gasteiger partial charge on any atom is 0.248 e. The van der Waals surface area contributed by atoms with Crippen molar-refractivity contribution in [3.8, 4) is 0 Å². The van der Waals surface area contributed by atoms with Crippen LogP contribution in [0.15, 0.2) is 28.8 Å². The number of carbonyl (C=O) groups is 1. The minimum absolute atomic E-state index is 0.164. The quantitative estimate of drug-likeness (QED) is 0.908. The van der Waals surface area contributed by atoms with Crippen LogP contribution < -0.4 is 5.32 Å². The Labute approximate surface area is 142 Å². The van der Waals surface area contributed by atoms with E-state index in [1.54, 1.807) is 31.2 Å². The molecule has 1 N–H and O–H groups in total. The summed E-state index contributed by atoms with van der Waals surface area (Å²) < 4.78 is 31.7. The Morgan fingerprint density at radius 1 is 1.42 bits per heavy atom. The molecule has 1 saturated carbocycles. The molecule has 1 fully saturated rings. The third kappa shape index (κ3) is 3.72. The van der Waals surface area contributed by atoms with Crippen molar-refractivity contribution >= 4 is 17.5 Å². The van der Waals surface area contributed by atoms with Crippen molar-refractivity contribution in [2.24, 2.45) is 5.92 Å². The van der Waals surface area contributed by atoms with Crippen molar-refractivity contribution in [3.05, 3.63) is 46.6 Å². The van der Waals surface area contributed by atoms with Gasteiger partial charge in [0.25, 0.3) is 0 Å². The fourth-order valence-electron chi connectivity index (χ4n) is 2.82. The van der Waals surface area contributed by atoms with Gasteiger partial charge in [-0.25, -0.2) is 8.78 Å². The Morgan fingerprint density at radius 3 is 2.67 bits per heavy atom. The van der Waals surface area contributed by atoms with Crippen molar-refractivity contribution in [1.29, 1.82) is 0 Å². The van der Waals surface area contributed by atoms with Gasteiger partial charge >= 0.3 is 0 Å². The molecule has 1 aromatic heterocycles. The lowest BCUT2D eigenvalue weighted by Gasteiger charge is -2.19. The molecule has 1 heterocycles. The van der Waals surface area contributed by atoms with Crippen molar-refractivity contribution in [3.63, 3.8) is 0 Å². The molecule has 0 bridgehead atoms. The first-order chi connectivity index (χ1) is 11.3. The molecule has 2 atom stereocenters. The number of nitrogens with one attached hydrogen (secondary N) is 1. The van der Waals surface area contributed by atoms with Crippen LogP contribution in [0, 0.1) is 12.8 Å². The summed E-state index contributed by atoms with van der Waals surface area (Å²) in [4.78, 5) is 16.6. The molecular formula is C16H16ClF2N3O2. The van der Waals surface area contributed by atoms with E-state index in [-0.39, 0.29) is 18.7 Å². The second-order valence-corrected chi connectivity index (χ2v) is 6.40. The molecule has 1 aliphatic carbocycles. The zero-order valence-electron chi connectivity index (χ0n) is 12.9. The summed E-state index contributed by atoms with van der Waals surface area (Å²) in [6.07, 6.45) is -0.535. The topological polar surface area (TPSA) is 68.0 Å². The Bertz CT molecular complexity index is 733. The highest BCUT2D eigenvalue weighted by molar-refractivity contribution is 6.30. The summed E-state index contributed by atoms with van der Waals surface area (Å²) >= 11 is 5.89. The van der Waals surface area contributed by atoms with E-state index in [1.807, 2.05) is 0 Å². The van der Waals surface area contributed by atoms with Crippen molar-refractivity contribution < 1.29 is 18.1 Å². The van der Waals surface area contributed by atoms with E-state index in [0.717, 1.165) is 0 Å². The molecule has 1 aromatic carbocycles. The van der Waals surface area contributed by atoms with E-state index in [4.69, 9.17) is 16.1 Å². The van der Waals surface area contributed by atoms with E-state index < -0.39 is 30.2 Å². The van der Waals surface area contributed by atoms with Crippen molar-refractivity contribution in [2.45, 2.75) is 38.2 Å². The summed E-state index contributed by atoms with van der Waals surface area (Å²) in [6, 6.07) is 6.12. The monoisotopic (exact) mass is 355 g/mol. The van der Waals surface area contributed by atoms with Crippen LogP contribution in [0.3, 0.4) is 0 Å². The zero-order valence-corrected chi connectivity index (χ0v) is 13.7. The van der Waals surface area contributed by atoms with Gasteiger partial charge in [0.2, 0.25) is 17.7 Å². The van der Waals surface area contributed by atoms with Gasteiger partial charge in [0.15, 0.2) is 5.82 Å². The normalized spacial score (nSPS) is 20.8. The number of alkyl halides is 2. The second-order valence-electron chi connectivity index (χ2n) is 5.96. The number of rotatable bonds is 4. The summed E-state index contributed by atoms with van der Waals surface area (Å²) in [5.74, 6) is -3.31. The maximum atomic E-state index is 13.4. The summed E-state index contributed by atoms with van der Waals surface area (Å²) in [5, 5.41) is 7.15. The molecule has 0 radical (unpaired) electrons. The molecule has 2 aromatic rings. The lowest BCUT2D eigenvalue weighted by molar-refractivity contribution is -0.126. The fraction of sp³-hybridized carbons (Fsp3) is 0.438. The van der Waals surface area contributed by atoms with Gasteiger partial charge < -0.3 is 9.84 Å². The van der Waals surface area contributed by atoms with Gasteiger partial charge in [-0.3, -0.25) is 4.79 Å². The van der Waals surface area contributed by atoms with Crippen molar-refractivity contribution in [1.82, 2.24) is 15.5 Å². The summed E-state index contributed by atoms with van der Waals surface area (Å²) in [6.45, 7) is 1.63. The summed E-state index contributed by atoms with van der Waals surface area (Å²) in [5.41, 5.74) is 0.693. The Balaban J connectivity index is 1.82. The molecule has 1 aliphatic rings. The molecule has 128 valence electrons. The molecule has 8 heteroatoms. The number of amides is 1. The van der Waals surface area contributed by atoms with Crippen LogP contribution in [0.2, 0.25) is 5.02 Å². The third-order valence-corrected chi connectivity index (χ3v) is 4.32. The van der Waals surface area contributed by atoms with Gasteiger partial charge in [0, 0.05) is 30.7 Å². The molecule has 0 saturated heterocycles. The number of hydrogen-bond acceptors (Lipinski definition) is 4. The molecule has 0 aliphatic heterocycles. The van der Waals surface area contributed by atoms with Gasteiger partial charge in [-0.05, 0) is 24.1 Å². The van der Waals surface area contributed by atoms with E-state index in [9.17, 15) is 13.6 Å². The zero-order chi connectivity index (χ0) is 17.3. The highest BCUT2D eigenvalue weighted by Crippen LogP contribution is 2.39. The van der Waals surface area contributed by atoms with Crippen LogP contribution in [0.25, 0.3) is 0 Å². The van der Waals surface area contributed by atoms with Crippen LogP contribution in [-0.2, 0) is 4.79 Å². The molecule has 1 amide bonds. The first-order valence-electron chi connectivity index (χ1n) is 7.58. The standard InChI is InChI=1S/C16H16ClF2N3O2/c1-9-20-14(22-24-9)13(10-2-4-12(17)5-3-10)21-15(23)11-6-7-16(18,19)8-11/h2-5,11,13H,6-8H2,1H3,(H,21,23). The molecule has 2 unspecified atom stereocenters. The van der Waals surface area contributed by atoms with E-state index in [1.165, 1.54) is 0 Å². The Kier molecular flexibility index (Phi) is 4.54. The predicted octanol–water partition coefficient (Wildman–Crippen LogP) is 3.67. The maximum absolute atomic E-state index is 13.4. The number of aryl methyl sites for hydroxylation is 1. The first-order valence-corrected chi connectivity index (χ1v) is 7.96. The number of halogens is 3. The number of nitrogens with zero attached hydrogens (tertiary/aromatic N) is 2. The number of benzene rings is 1. The second kappa shape index (κ2) is 6.47. The minimum Gasteiger partial charge on any atom is -0.342 e. The lowest BCUT2D eigenvalue weighted by Crippen LogP contribution is -2.34. The van der Waals surface area contributed by atoms with E-state index >= 15 is 0 Å². The van der Waals surface area contributed by atoms with Gasteiger partial charge in [0.1, 0.15) is 6.04 Å². The Morgan fingerprint density at radius 2 is 2.12 bits per heavy atom. The molecule has 3 rings (SSSR count). The smallest absolute Gasteiger partial charge is 0.248 e. The number of hydrogen-bond donors (Lipinski definition) is 1. The largest absolute Gasteiger partial charge is 0.342 e. The van der Waals surface area contributed by atoms with Crippen LogP contribution in [0.1, 0.15) is 42.6 Å². The van der Waals surface area contributed by atoms with Gasteiger partial charge in [-0.2, -0.15) is 4.98 Å². The fourth-order valence-corrected chi connectivity index (χ4v) is 2.94. The van der Waals surface area contributed by atoms with Crippen LogP contribution >= 0.6 is 11.6 Å². The SMILES string of the molecule is Cc1nc(C(NC(=O)C2CCC(F)(F)C2)c2ccc(Cl)cc2)no1. The number of carbonyl (C=O) groups excluding carboxylic acids is 1. The third-order valence-electron chi connectivity index (χ3n) is 4.07. The van der Waals surface area contributed by atoms with E-state index in [0.29, 0.717) is 16.5 Å². The molecule has 24 heavy (non-hydrogen) atoms. The van der Waals surface area contributed by atoms with Crippen molar-refractivity contribution in [2.75, 3.05) is 0 Å². The highest BCUT2D eigenvalue weighted by atomic mass is 35.5. The van der Waals surface area contributed by atoms with E-state index in [2.05, 4.69) is 15.5 Å². The molecule has 0 spiro atoms. The Hall–Kier alpha value is -2.02. The number of aromatic nitrogens is 2. The van der Waals surface area contributed by atoms with Crippen LogP contribution in [0.4, 0.5) is 8.78 Å². The lowest BCUT2D eigenvalue weighted by atomic mass is 10.0. The van der Waals surface area contributed by atoms with Crippen LogP contribution in [-0.4, -0.2) is 22.0 Å². The highest BCUT2D eigenvalue weighted by Gasteiger charge is 2.43. The molecule has 5 nitrogen and oxygen atoms in total. The van der Waals surface area contributed by atoms with Gasteiger partial charge in [-0.15, -0.1) is 0 Å². The van der Waals surface area contributed by atoms with Gasteiger partial charge in [0.05, 0.1) is 0 Å². The summed E-state index contributed by atoms with van der Waals surface area (Å²) in [7, 11) is 0. The predicted molar refractivity (Wildman–Crippen MR) is 82.8 cm³/mol. The van der Waals surface area contributed by atoms with Gasteiger partial charge in [-0.1, -0.05) is 28.9 Å². The van der Waals surface area contributed by atoms with Crippen LogP contribution in [0.5, 0.6) is 0 Å². The average molecular weight is 356 g/mol. The average Bonchev–Trinajstić information content (AvgIpc) is 3.11. The molecular weight excluding hydrogens is 340 g/mol. The first kappa shape index (κ1) is 16.8. The minimum atomic E-state index is -2.78.